The Morgan fingerprint density at radius 1 is 1.22 bits per heavy atom. The molecule has 0 aliphatic heterocycles. The fourth-order valence-electron chi connectivity index (χ4n) is 1.69. The lowest BCUT2D eigenvalue weighted by Crippen LogP contribution is -2.02. The predicted molar refractivity (Wildman–Crippen MR) is 90.4 cm³/mol. The normalized spacial score (nSPS) is 10.4. The Hall–Kier alpha value is -0.260. The number of halogens is 3. The van der Waals surface area contributed by atoms with Crippen LogP contribution in [0.1, 0.15) is 11.1 Å². The summed E-state index contributed by atoms with van der Waals surface area (Å²) in [5.41, 5.74) is 3.56. The maximum absolute atomic E-state index is 6.00. The third-order valence-electron chi connectivity index (χ3n) is 2.67. The number of hydrogen-bond donors (Lipinski definition) is 1. The van der Waals surface area contributed by atoms with E-state index in [1.165, 1.54) is 9.13 Å². The molecule has 0 saturated heterocycles. The summed E-state index contributed by atoms with van der Waals surface area (Å²) in [6, 6.07) is 12.2. The Bertz CT molecular complexity index is 572. The van der Waals surface area contributed by atoms with Gasteiger partial charge in [0.15, 0.2) is 0 Å². The zero-order valence-electron chi connectivity index (χ0n) is 9.81. The first-order valence-electron chi connectivity index (χ1n) is 5.50. The first kappa shape index (κ1) is 14.2. The minimum absolute atomic E-state index is 0.753. The second kappa shape index (κ2) is 6.26. The van der Waals surface area contributed by atoms with Gasteiger partial charge in [-0.05, 0) is 77.0 Å². The number of benzene rings is 2. The summed E-state index contributed by atoms with van der Waals surface area (Å²) in [5.74, 6) is 0. The van der Waals surface area contributed by atoms with Crippen molar-refractivity contribution in [1.82, 2.24) is 0 Å². The standard InChI is InChI=1S/C14H12BrClIN/c1-9-6-12(17)3-5-14(9)18-8-10-7-11(16)2-4-13(10)15/h2-7,18H,8H2,1H3. The van der Waals surface area contributed by atoms with E-state index in [1.807, 2.05) is 18.2 Å². The van der Waals surface area contributed by atoms with Crippen molar-refractivity contribution in [2.45, 2.75) is 13.5 Å². The number of aryl methyl sites for hydroxylation is 1. The second-order valence-corrected chi connectivity index (χ2v) is 6.58. The van der Waals surface area contributed by atoms with Gasteiger partial charge in [0.05, 0.1) is 0 Å². The molecule has 0 bridgehead atoms. The summed E-state index contributed by atoms with van der Waals surface area (Å²) in [7, 11) is 0. The molecule has 2 rings (SSSR count). The smallest absolute Gasteiger partial charge is 0.0412 e. The number of hydrogen-bond acceptors (Lipinski definition) is 1. The van der Waals surface area contributed by atoms with Crippen molar-refractivity contribution in [2.24, 2.45) is 0 Å². The molecule has 2 aromatic rings. The average Bonchev–Trinajstić information content (AvgIpc) is 2.32. The SMILES string of the molecule is Cc1cc(I)ccc1NCc1cc(Cl)ccc1Br. The van der Waals surface area contributed by atoms with Gasteiger partial charge in [-0.3, -0.25) is 0 Å². The minimum atomic E-state index is 0.753. The fourth-order valence-corrected chi connectivity index (χ4v) is 2.92. The van der Waals surface area contributed by atoms with Crippen LogP contribution in [0.25, 0.3) is 0 Å². The molecular formula is C14H12BrClIN. The van der Waals surface area contributed by atoms with E-state index in [-0.39, 0.29) is 0 Å². The van der Waals surface area contributed by atoms with Crippen LogP contribution in [-0.4, -0.2) is 0 Å². The first-order chi connectivity index (χ1) is 8.56. The van der Waals surface area contributed by atoms with Gasteiger partial charge in [-0.25, -0.2) is 0 Å². The van der Waals surface area contributed by atoms with Crippen molar-refractivity contribution < 1.29 is 0 Å². The number of nitrogens with one attached hydrogen (secondary N) is 1. The molecule has 0 aliphatic carbocycles. The van der Waals surface area contributed by atoms with Crippen molar-refractivity contribution >= 4 is 55.8 Å². The van der Waals surface area contributed by atoms with E-state index in [2.05, 4.69) is 69.0 Å². The van der Waals surface area contributed by atoms with Crippen LogP contribution in [-0.2, 0) is 6.54 Å². The molecule has 0 spiro atoms. The zero-order chi connectivity index (χ0) is 13.1. The quantitative estimate of drug-likeness (QED) is 0.615. The third kappa shape index (κ3) is 3.62. The van der Waals surface area contributed by atoms with E-state index < -0.39 is 0 Å². The van der Waals surface area contributed by atoms with Gasteiger partial charge in [0.25, 0.3) is 0 Å². The average molecular weight is 437 g/mol. The molecule has 0 amide bonds. The summed E-state index contributed by atoms with van der Waals surface area (Å²) in [6.07, 6.45) is 0. The third-order valence-corrected chi connectivity index (χ3v) is 4.35. The molecule has 0 saturated carbocycles. The Kier molecular flexibility index (Phi) is 4.92. The molecule has 0 unspecified atom stereocenters. The minimum Gasteiger partial charge on any atom is -0.381 e. The lowest BCUT2D eigenvalue weighted by atomic mass is 10.2. The molecule has 2 aromatic carbocycles. The highest BCUT2D eigenvalue weighted by Crippen LogP contribution is 2.23. The molecule has 0 aliphatic rings. The van der Waals surface area contributed by atoms with E-state index in [4.69, 9.17) is 11.6 Å². The molecule has 0 fully saturated rings. The highest BCUT2D eigenvalue weighted by atomic mass is 127. The molecule has 0 atom stereocenters. The van der Waals surface area contributed by atoms with E-state index >= 15 is 0 Å². The molecule has 18 heavy (non-hydrogen) atoms. The fraction of sp³-hybridized carbons (Fsp3) is 0.143. The van der Waals surface area contributed by atoms with Crippen LogP contribution in [0.5, 0.6) is 0 Å². The van der Waals surface area contributed by atoms with Crippen molar-refractivity contribution in [3.63, 3.8) is 0 Å². The predicted octanol–water partition coefficient (Wildman–Crippen LogP) is 5.63. The van der Waals surface area contributed by atoms with Crippen LogP contribution in [0.15, 0.2) is 40.9 Å². The van der Waals surface area contributed by atoms with E-state index in [9.17, 15) is 0 Å². The molecule has 1 N–H and O–H groups in total. The van der Waals surface area contributed by atoms with Crippen molar-refractivity contribution in [3.8, 4) is 0 Å². The van der Waals surface area contributed by atoms with Crippen molar-refractivity contribution in [3.05, 3.63) is 60.6 Å². The van der Waals surface area contributed by atoms with Crippen molar-refractivity contribution in [1.29, 1.82) is 0 Å². The van der Waals surface area contributed by atoms with Gasteiger partial charge in [0.1, 0.15) is 0 Å². The van der Waals surface area contributed by atoms with Crippen LogP contribution >= 0.6 is 50.1 Å². The topological polar surface area (TPSA) is 12.0 Å². The molecule has 0 aromatic heterocycles. The van der Waals surface area contributed by atoms with Gasteiger partial charge < -0.3 is 5.32 Å². The second-order valence-electron chi connectivity index (χ2n) is 4.05. The zero-order valence-corrected chi connectivity index (χ0v) is 14.3. The first-order valence-corrected chi connectivity index (χ1v) is 7.75. The Balaban J connectivity index is 2.13. The van der Waals surface area contributed by atoms with Gasteiger partial charge in [-0.1, -0.05) is 27.5 Å². The summed E-state index contributed by atoms with van der Waals surface area (Å²) < 4.78 is 2.32. The molecule has 94 valence electrons. The van der Waals surface area contributed by atoms with Gasteiger partial charge in [0, 0.05) is 25.3 Å². The van der Waals surface area contributed by atoms with Gasteiger partial charge in [-0.15, -0.1) is 0 Å². The monoisotopic (exact) mass is 435 g/mol. The van der Waals surface area contributed by atoms with Crippen molar-refractivity contribution in [2.75, 3.05) is 5.32 Å². The Labute approximate surface area is 134 Å². The van der Waals surface area contributed by atoms with E-state index in [0.717, 1.165) is 27.3 Å². The summed E-state index contributed by atoms with van der Waals surface area (Å²) in [6.45, 7) is 2.86. The maximum Gasteiger partial charge on any atom is 0.0412 e. The lowest BCUT2D eigenvalue weighted by molar-refractivity contribution is 1.13. The maximum atomic E-state index is 6.00. The molecular weight excluding hydrogens is 424 g/mol. The Morgan fingerprint density at radius 3 is 2.72 bits per heavy atom. The Morgan fingerprint density at radius 2 is 2.00 bits per heavy atom. The summed E-state index contributed by atoms with van der Waals surface area (Å²) in [4.78, 5) is 0. The lowest BCUT2D eigenvalue weighted by Gasteiger charge is -2.11. The molecule has 0 heterocycles. The number of anilines is 1. The van der Waals surface area contributed by atoms with Crippen LogP contribution < -0.4 is 5.32 Å². The molecule has 4 heteroatoms. The van der Waals surface area contributed by atoms with E-state index in [1.54, 1.807) is 0 Å². The highest BCUT2D eigenvalue weighted by Gasteiger charge is 2.03. The number of rotatable bonds is 3. The molecule has 0 radical (unpaired) electrons. The van der Waals surface area contributed by atoms with Crippen LogP contribution in [0.2, 0.25) is 5.02 Å². The van der Waals surface area contributed by atoms with E-state index in [0.29, 0.717) is 0 Å². The van der Waals surface area contributed by atoms with Crippen LogP contribution in [0.3, 0.4) is 0 Å². The van der Waals surface area contributed by atoms with Crippen LogP contribution in [0, 0.1) is 10.5 Å². The summed E-state index contributed by atoms with van der Waals surface area (Å²) >= 11 is 11.9. The van der Waals surface area contributed by atoms with Gasteiger partial charge in [0.2, 0.25) is 0 Å². The molecule has 1 nitrogen and oxygen atoms in total. The van der Waals surface area contributed by atoms with Gasteiger partial charge in [-0.2, -0.15) is 0 Å². The largest absolute Gasteiger partial charge is 0.381 e. The van der Waals surface area contributed by atoms with Gasteiger partial charge >= 0.3 is 0 Å². The highest BCUT2D eigenvalue weighted by molar-refractivity contribution is 14.1. The van der Waals surface area contributed by atoms with Crippen LogP contribution in [0.4, 0.5) is 5.69 Å². The summed E-state index contributed by atoms with van der Waals surface area (Å²) in [5, 5.41) is 4.19.